The van der Waals surface area contributed by atoms with Crippen LogP contribution in [0.4, 0.5) is 4.79 Å². The molecule has 4 amide bonds. The Hall–Kier alpha value is -2.93. The maximum Gasteiger partial charge on any atom is 0.338 e. The van der Waals surface area contributed by atoms with Gasteiger partial charge in [-0.05, 0) is 35.4 Å². The second-order valence-corrected chi connectivity index (χ2v) is 6.81. The molecule has 1 unspecified atom stereocenters. The summed E-state index contributed by atoms with van der Waals surface area (Å²) in [7, 11) is 3.53. The number of amides is 4. The smallest absolute Gasteiger partial charge is 0.338 e. The Kier molecular flexibility index (Phi) is 5.41. The zero-order valence-corrected chi connectivity index (χ0v) is 15.8. The fourth-order valence-electron chi connectivity index (χ4n) is 3.30. The topological polar surface area (TPSA) is 71.4 Å². The van der Waals surface area contributed by atoms with Crippen LogP contribution < -0.4 is 9.64 Å². The lowest BCUT2D eigenvalue weighted by Gasteiger charge is -2.20. The van der Waals surface area contributed by atoms with Crippen LogP contribution in [0.2, 0.25) is 0 Å². The van der Waals surface area contributed by atoms with Crippen LogP contribution in [-0.4, -0.2) is 55.0 Å². The van der Waals surface area contributed by atoms with Crippen LogP contribution in [0, 0.1) is 0 Å². The van der Waals surface area contributed by atoms with E-state index in [9.17, 15) is 14.4 Å². The molecule has 0 aliphatic carbocycles. The first-order valence-corrected chi connectivity index (χ1v) is 9.00. The second-order valence-electron chi connectivity index (χ2n) is 6.81. The van der Waals surface area contributed by atoms with Gasteiger partial charge < -0.3 is 9.64 Å². The molecule has 7 heteroatoms. The van der Waals surface area contributed by atoms with Crippen molar-refractivity contribution in [3.8, 4) is 5.75 Å². The number of urea groups is 1. The molecule has 0 spiro atoms. The Morgan fingerprint density at radius 2 is 1.63 bits per heavy atom. The van der Waals surface area contributed by atoms with E-state index in [1.807, 2.05) is 44.3 Å². The van der Waals surface area contributed by atoms with E-state index in [-0.39, 0.29) is 13.2 Å². The molecule has 1 atom stereocenters. The molecule has 1 aliphatic rings. The Bertz CT molecular complexity index is 896. The van der Waals surface area contributed by atoms with E-state index in [1.165, 1.54) is 0 Å². The van der Waals surface area contributed by atoms with Crippen molar-refractivity contribution in [3.05, 3.63) is 42.0 Å². The highest BCUT2D eigenvalue weighted by atomic mass is 16.5. The van der Waals surface area contributed by atoms with Crippen LogP contribution in [0.5, 0.6) is 5.75 Å². The van der Waals surface area contributed by atoms with Crippen molar-refractivity contribution in [1.29, 1.82) is 0 Å². The van der Waals surface area contributed by atoms with Gasteiger partial charge in [-0.3, -0.25) is 14.5 Å². The first-order chi connectivity index (χ1) is 12.9. The summed E-state index contributed by atoms with van der Waals surface area (Å²) in [6.07, 6.45) is 0.628. The van der Waals surface area contributed by atoms with Gasteiger partial charge in [-0.1, -0.05) is 25.1 Å². The maximum atomic E-state index is 12.3. The monoisotopic (exact) mass is 370 g/mol. The van der Waals surface area contributed by atoms with Gasteiger partial charge >= 0.3 is 17.8 Å². The van der Waals surface area contributed by atoms with Gasteiger partial charge in [0, 0.05) is 12.1 Å². The number of carbonyl (C=O) groups is 3. The van der Waals surface area contributed by atoms with E-state index < -0.39 is 17.8 Å². The second kappa shape index (κ2) is 7.75. The number of benzene rings is 2. The summed E-state index contributed by atoms with van der Waals surface area (Å²) in [6, 6.07) is 11.5. The van der Waals surface area contributed by atoms with Crippen LogP contribution in [-0.2, 0) is 16.1 Å². The molecule has 27 heavy (non-hydrogen) atoms. The average Bonchev–Trinajstić information content (AvgIpc) is 2.86. The highest BCUT2D eigenvalue weighted by Crippen LogP contribution is 2.21. The summed E-state index contributed by atoms with van der Waals surface area (Å²) in [5, 5.41) is 2.18. The molecule has 0 saturated carbocycles. The molecule has 2 aromatic rings. The van der Waals surface area contributed by atoms with Gasteiger partial charge in [-0.15, -0.1) is 0 Å². The average molecular weight is 370 g/mol. The number of methoxy groups -OCH3 is 1. The van der Waals surface area contributed by atoms with Gasteiger partial charge in [0.15, 0.2) is 6.67 Å². The van der Waals surface area contributed by atoms with Crippen molar-refractivity contribution in [1.82, 2.24) is 9.80 Å². The normalized spacial score (nSPS) is 15.7. The fourth-order valence-corrected chi connectivity index (χ4v) is 3.30. The number of hydrogen-bond donors (Lipinski definition) is 1. The Labute approximate surface area is 158 Å². The SMILES string of the molecule is CCCN1C(=O)C(=O)N(C[NH+](C)Cc2ccc3cc(OC)ccc3c2)C1=O. The third-order valence-electron chi connectivity index (χ3n) is 4.63. The molecular weight excluding hydrogens is 346 g/mol. The highest BCUT2D eigenvalue weighted by molar-refractivity contribution is 6.44. The molecule has 1 heterocycles. The molecule has 0 aromatic heterocycles. The number of hydrogen-bond acceptors (Lipinski definition) is 4. The lowest BCUT2D eigenvalue weighted by molar-refractivity contribution is -0.901. The van der Waals surface area contributed by atoms with Crippen molar-refractivity contribution < 1.29 is 24.0 Å². The van der Waals surface area contributed by atoms with Crippen LogP contribution in [0.25, 0.3) is 10.8 Å². The maximum absolute atomic E-state index is 12.3. The number of rotatable bonds is 7. The molecular formula is C20H24N3O4+. The zero-order chi connectivity index (χ0) is 19.6. The predicted octanol–water partition coefficient (Wildman–Crippen LogP) is 1.02. The number of ether oxygens (including phenoxy) is 1. The van der Waals surface area contributed by atoms with Crippen molar-refractivity contribution in [2.75, 3.05) is 27.4 Å². The predicted molar refractivity (Wildman–Crippen MR) is 100 cm³/mol. The number of nitrogens with one attached hydrogen (secondary N) is 1. The standard InChI is InChI=1S/C20H23N3O4/c1-4-9-22-18(24)19(25)23(20(22)26)13-21(2)12-14-5-6-16-11-17(27-3)8-7-15(16)10-14/h5-8,10-11H,4,9,12-13H2,1-3H3/p+1. The van der Waals surface area contributed by atoms with Crippen LogP contribution in [0.3, 0.4) is 0 Å². The zero-order valence-electron chi connectivity index (χ0n) is 15.8. The number of nitrogens with zero attached hydrogens (tertiary/aromatic N) is 2. The summed E-state index contributed by atoms with van der Waals surface area (Å²) in [5.74, 6) is -0.655. The summed E-state index contributed by atoms with van der Waals surface area (Å²) >= 11 is 0. The van der Waals surface area contributed by atoms with Crippen LogP contribution in [0.1, 0.15) is 18.9 Å². The lowest BCUT2D eigenvalue weighted by atomic mass is 10.1. The molecule has 2 aromatic carbocycles. The first kappa shape index (κ1) is 18.8. The van der Waals surface area contributed by atoms with Gasteiger partial charge in [0.05, 0.1) is 14.2 Å². The number of quaternary nitrogens is 1. The van der Waals surface area contributed by atoms with E-state index >= 15 is 0 Å². The number of imide groups is 2. The minimum Gasteiger partial charge on any atom is -0.497 e. The molecule has 0 bridgehead atoms. The number of fused-ring (bicyclic) bond motifs is 1. The molecule has 0 radical (unpaired) electrons. The summed E-state index contributed by atoms with van der Waals surface area (Å²) in [4.78, 5) is 39.4. The van der Waals surface area contributed by atoms with E-state index in [1.54, 1.807) is 7.11 Å². The Morgan fingerprint density at radius 3 is 2.33 bits per heavy atom. The van der Waals surface area contributed by atoms with Crippen LogP contribution >= 0.6 is 0 Å². The third-order valence-corrected chi connectivity index (χ3v) is 4.63. The van der Waals surface area contributed by atoms with E-state index in [0.29, 0.717) is 13.0 Å². The Morgan fingerprint density at radius 1 is 0.963 bits per heavy atom. The van der Waals surface area contributed by atoms with E-state index in [2.05, 4.69) is 6.07 Å². The molecule has 1 aliphatic heterocycles. The number of carbonyl (C=O) groups excluding carboxylic acids is 3. The van der Waals surface area contributed by atoms with E-state index in [0.717, 1.165) is 36.8 Å². The molecule has 1 N–H and O–H groups in total. The van der Waals surface area contributed by atoms with Crippen molar-refractivity contribution in [2.45, 2.75) is 19.9 Å². The summed E-state index contributed by atoms with van der Waals surface area (Å²) in [6.45, 7) is 2.92. The minimum atomic E-state index is -0.738. The minimum absolute atomic E-state index is 0.157. The van der Waals surface area contributed by atoms with Crippen molar-refractivity contribution >= 4 is 28.6 Å². The summed E-state index contributed by atoms with van der Waals surface area (Å²) in [5.41, 5.74) is 1.08. The van der Waals surface area contributed by atoms with Gasteiger partial charge in [-0.25, -0.2) is 9.69 Å². The molecule has 1 saturated heterocycles. The highest BCUT2D eigenvalue weighted by Gasteiger charge is 2.45. The van der Waals surface area contributed by atoms with E-state index in [4.69, 9.17) is 4.74 Å². The van der Waals surface area contributed by atoms with Gasteiger partial charge in [-0.2, -0.15) is 0 Å². The largest absolute Gasteiger partial charge is 0.497 e. The summed E-state index contributed by atoms with van der Waals surface area (Å²) < 4.78 is 5.24. The quantitative estimate of drug-likeness (QED) is 0.584. The fraction of sp³-hybridized carbons (Fsp3) is 0.350. The van der Waals surface area contributed by atoms with Gasteiger partial charge in [0.1, 0.15) is 12.3 Å². The molecule has 142 valence electrons. The van der Waals surface area contributed by atoms with Crippen molar-refractivity contribution in [2.24, 2.45) is 0 Å². The third kappa shape index (κ3) is 3.78. The molecule has 7 nitrogen and oxygen atoms in total. The molecule has 3 rings (SSSR count). The van der Waals surface area contributed by atoms with Gasteiger partial charge in [0.2, 0.25) is 0 Å². The van der Waals surface area contributed by atoms with Crippen LogP contribution in [0.15, 0.2) is 36.4 Å². The first-order valence-electron chi connectivity index (χ1n) is 9.00. The van der Waals surface area contributed by atoms with Gasteiger partial charge in [0.25, 0.3) is 0 Å². The van der Waals surface area contributed by atoms with Crippen molar-refractivity contribution in [3.63, 3.8) is 0 Å². The molecule has 1 fully saturated rings. The Balaban J connectivity index is 1.69. The lowest BCUT2D eigenvalue weighted by Crippen LogP contribution is -3.09.